The van der Waals surface area contributed by atoms with Crippen molar-refractivity contribution in [1.29, 1.82) is 0 Å². The van der Waals surface area contributed by atoms with Gasteiger partial charge in [0.05, 0.1) is 0 Å². The first-order chi connectivity index (χ1) is 14.3. The van der Waals surface area contributed by atoms with E-state index in [1.807, 2.05) is 0 Å². The van der Waals surface area contributed by atoms with E-state index < -0.39 is 59.2 Å². The number of ether oxygens (including phenoxy) is 4. The molecule has 0 saturated carbocycles. The second-order valence-electron chi connectivity index (χ2n) is 8.06. The fraction of sp³-hybridized carbons (Fsp3) is 1.00. The predicted octanol–water partition coefficient (Wildman–Crippen LogP) is 0.813. The number of nitro groups is 2. The van der Waals surface area contributed by atoms with Gasteiger partial charge in [-0.1, -0.05) is 0 Å². The van der Waals surface area contributed by atoms with Gasteiger partial charge in [0.2, 0.25) is 0 Å². The van der Waals surface area contributed by atoms with E-state index in [9.17, 15) is 30.6 Å². The Hall–Kier alpha value is -2.56. The van der Waals surface area contributed by atoms with Gasteiger partial charge in [0.25, 0.3) is 0 Å². The zero-order chi connectivity index (χ0) is 23.5. The number of nitrogens with zero attached hydrogens (tertiary/aromatic N) is 6. The van der Waals surface area contributed by atoms with Gasteiger partial charge >= 0.3 is 11.3 Å². The lowest BCUT2D eigenvalue weighted by molar-refractivity contribution is -0.827. The minimum atomic E-state index is -2.23. The van der Waals surface area contributed by atoms with Crippen LogP contribution in [-0.4, -0.2) is 82.0 Å². The minimum Gasteiger partial charge on any atom is -0.594 e. The van der Waals surface area contributed by atoms with Crippen LogP contribution in [0.4, 0.5) is 0 Å². The highest BCUT2D eigenvalue weighted by Crippen LogP contribution is 2.27. The van der Waals surface area contributed by atoms with Crippen LogP contribution in [0.5, 0.6) is 0 Å². The van der Waals surface area contributed by atoms with Gasteiger partial charge in [0.15, 0.2) is 38.0 Å². The summed E-state index contributed by atoms with van der Waals surface area (Å²) in [6.45, 7) is 3.68. The molecule has 2 heterocycles. The number of hydrogen-bond acceptors (Lipinski definition) is 12. The molecule has 2 aliphatic rings. The summed E-state index contributed by atoms with van der Waals surface area (Å²) in [6.07, 6.45) is 0.0273. The molecule has 16 nitrogen and oxygen atoms in total. The second kappa shape index (κ2) is 8.89. The van der Waals surface area contributed by atoms with Gasteiger partial charge in [-0.3, -0.25) is 20.2 Å². The molecule has 0 aromatic heterocycles. The van der Waals surface area contributed by atoms with E-state index >= 15 is 0 Å². The molecule has 176 valence electrons. The quantitative estimate of drug-likeness (QED) is 0.127. The summed E-state index contributed by atoms with van der Waals surface area (Å²) in [7, 11) is 0. The van der Waals surface area contributed by atoms with Crippen molar-refractivity contribution in [1.82, 2.24) is 0 Å². The summed E-state index contributed by atoms with van der Waals surface area (Å²) in [5.74, 6) is -2.13. The Labute approximate surface area is 176 Å². The molecule has 0 aliphatic carbocycles. The number of rotatable bonds is 8. The minimum absolute atomic E-state index is 0.0273. The summed E-state index contributed by atoms with van der Waals surface area (Å²) < 4.78 is 20.9. The first-order valence-electron chi connectivity index (χ1n) is 9.41. The lowest BCUT2D eigenvalue weighted by atomic mass is 10.2. The van der Waals surface area contributed by atoms with Crippen molar-refractivity contribution in [3.05, 3.63) is 30.6 Å². The Morgan fingerprint density at radius 3 is 1.23 bits per heavy atom. The summed E-state index contributed by atoms with van der Waals surface area (Å²) in [4.78, 5) is 21.0. The Morgan fingerprint density at radius 1 is 0.677 bits per heavy atom. The highest BCUT2D eigenvalue weighted by atomic mass is 16.7. The van der Waals surface area contributed by atoms with Gasteiger partial charge in [-0.05, 0) is 54.1 Å². The van der Waals surface area contributed by atoms with Gasteiger partial charge in [-0.25, -0.2) is 0 Å². The van der Waals surface area contributed by atoms with Gasteiger partial charge in [0, 0.05) is 0 Å². The molecule has 0 N–H and O–H groups in total. The fourth-order valence-corrected chi connectivity index (χ4v) is 2.55. The van der Waals surface area contributed by atoms with Crippen LogP contribution in [0.2, 0.25) is 0 Å². The first kappa shape index (κ1) is 24.7. The maximum absolute atomic E-state index is 12.2. The predicted molar refractivity (Wildman–Crippen MR) is 97.9 cm³/mol. The zero-order valence-corrected chi connectivity index (χ0v) is 17.7. The molecular formula is C15H26N6O10. The molecule has 16 heteroatoms. The van der Waals surface area contributed by atoms with Crippen LogP contribution < -0.4 is 0 Å². The average molecular weight is 450 g/mol. The molecule has 0 aromatic rings. The topological polar surface area (TPSA) is 200 Å². The summed E-state index contributed by atoms with van der Waals surface area (Å²) >= 11 is 0. The maximum atomic E-state index is 12.2. The van der Waals surface area contributed by atoms with E-state index in [0.717, 1.165) is 0 Å². The third-order valence-corrected chi connectivity index (χ3v) is 4.77. The largest absolute Gasteiger partial charge is 0.594 e. The van der Waals surface area contributed by atoms with Gasteiger partial charge < -0.3 is 29.4 Å². The summed E-state index contributed by atoms with van der Waals surface area (Å²) in [5.41, 5.74) is -4.45. The van der Waals surface area contributed by atoms with Crippen molar-refractivity contribution in [3.63, 3.8) is 0 Å². The molecule has 0 unspecified atom stereocenters. The van der Waals surface area contributed by atoms with Crippen LogP contribution in [0.15, 0.2) is 10.2 Å². The zero-order valence-electron chi connectivity index (χ0n) is 17.7. The Bertz CT molecular complexity index is 685. The van der Waals surface area contributed by atoms with Gasteiger partial charge in [0.1, 0.15) is 22.9 Å². The summed E-state index contributed by atoms with van der Waals surface area (Å²) in [6, 6.07) is 0. The van der Waals surface area contributed by atoms with E-state index in [1.54, 1.807) is 27.7 Å². The van der Waals surface area contributed by atoms with Crippen molar-refractivity contribution >= 4 is 0 Å². The molecule has 31 heavy (non-hydrogen) atoms. The van der Waals surface area contributed by atoms with Crippen LogP contribution in [-0.2, 0) is 18.9 Å². The van der Waals surface area contributed by atoms with Crippen molar-refractivity contribution in [2.24, 2.45) is 10.2 Å². The molecule has 2 fully saturated rings. The van der Waals surface area contributed by atoms with Gasteiger partial charge in [-0.15, -0.1) is 0 Å². The molecule has 0 radical (unpaired) electrons. The second-order valence-corrected chi connectivity index (χ2v) is 8.06. The molecule has 2 aliphatic heterocycles. The van der Waals surface area contributed by atoms with Gasteiger partial charge in [-0.2, -0.15) is 0 Å². The van der Waals surface area contributed by atoms with E-state index in [2.05, 4.69) is 10.2 Å². The van der Waals surface area contributed by atoms with Crippen molar-refractivity contribution in [2.45, 2.75) is 57.0 Å². The summed E-state index contributed by atoms with van der Waals surface area (Å²) in [5, 5.41) is 54.5. The molecule has 0 aromatic carbocycles. The van der Waals surface area contributed by atoms with Crippen molar-refractivity contribution in [3.8, 4) is 0 Å². The van der Waals surface area contributed by atoms with Crippen LogP contribution in [0, 0.1) is 30.6 Å². The Morgan fingerprint density at radius 2 is 0.968 bits per heavy atom. The lowest BCUT2D eigenvalue weighted by Crippen LogP contribution is -2.60. The molecular weight excluding hydrogens is 424 g/mol. The van der Waals surface area contributed by atoms with E-state index in [1.165, 1.54) is 0 Å². The monoisotopic (exact) mass is 450 g/mol. The van der Waals surface area contributed by atoms with E-state index in [0.29, 0.717) is 0 Å². The average Bonchev–Trinajstić information content (AvgIpc) is 2.67. The number of azo groups is 2. The van der Waals surface area contributed by atoms with Crippen molar-refractivity contribution < 1.29 is 38.5 Å². The highest BCUT2D eigenvalue weighted by molar-refractivity contribution is 4.75. The standard InChI is InChI=1S/C15H26N6O10/c1-12(2)28-8-14(9-29-12,20(24)25)18(22)16-6-5-7-17-19(23)15(21(26)27)10-30-13(3,4)31-11-15/h5-11H2,1-4H3. The maximum Gasteiger partial charge on any atom is 0.483 e. The Balaban J connectivity index is 1.97. The van der Waals surface area contributed by atoms with Crippen LogP contribution in [0.1, 0.15) is 34.1 Å². The van der Waals surface area contributed by atoms with Crippen LogP contribution in [0.3, 0.4) is 0 Å². The SMILES string of the molecule is CC1(C)OCC([N+](=O)[O-])([N+]([O-])=NCCCN=[N+]([O-])C2([N+](=O)[O-])COC(C)(C)OC2)CO1. The van der Waals surface area contributed by atoms with Crippen LogP contribution in [0.25, 0.3) is 0 Å². The number of hydrogen-bond donors (Lipinski definition) is 0. The van der Waals surface area contributed by atoms with E-state index in [4.69, 9.17) is 18.9 Å². The molecule has 0 amide bonds. The third kappa shape index (κ3) is 5.38. The molecule has 2 rings (SSSR count). The fourth-order valence-electron chi connectivity index (χ4n) is 2.55. The first-order valence-corrected chi connectivity index (χ1v) is 9.41. The molecule has 0 atom stereocenters. The smallest absolute Gasteiger partial charge is 0.483 e. The normalized spacial score (nSPS) is 25.0. The number of hydroxylamine groups is 2. The molecule has 0 bridgehead atoms. The molecule has 2 saturated heterocycles. The highest BCUT2D eigenvalue weighted by Gasteiger charge is 2.60. The van der Waals surface area contributed by atoms with Crippen molar-refractivity contribution in [2.75, 3.05) is 39.5 Å². The third-order valence-electron chi connectivity index (χ3n) is 4.77. The lowest BCUT2D eigenvalue weighted by Gasteiger charge is -2.34. The van der Waals surface area contributed by atoms with E-state index in [-0.39, 0.29) is 29.2 Å². The van der Waals surface area contributed by atoms with Crippen LogP contribution >= 0.6 is 0 Å². The molecule has 0 spiro atoms. The Kier molecular flexibility index (Phi) is 7.09.